The molecule has 1 heterocycles. The number of anilines is 2. The number of nitrogens with zero attached hydrogens (tertiary/aromatic N) is 1. The van der Waals surface area contributed by atoms with Gasteiger partial charge in [-0.05, 0) is 43.9 Å². The average Bonchev–Trinajstić information content (AvgIpc) is 2.94. The zero-order valence-corrected chi connectivity index (χ0v) is 11.2. The molecule has 0 atom stereocenters. The molecule has 0 bridgehead atoms. The van der Waals surface area contributed by atoms with Crippen molar-refractivity contribution < 1.29 is 0 Å². The summed E-state index contributed by atoms with van der Waals surface area (Å²) in [5.41, 5.74) is 2.71. The summed E-state index contributed by atoms with van der Waals surface area (Å²) in [5.74, 6) is 0. The van der Waals surface area contributed by atoms with E-state index in [-0.39, 0.29) is 0 Å². The second-order valence-electron chi connectivity index (χ2n) is 5.72. The van der Waals surface area contributed by atoms with Crippen LogP contribution in [0.2, 0.25) is 0 Å². The summed E-state index contributed by atoms with van der Waals surface area (Å²) >= 11 is 0. The molecule has 1 aromatic carbocycles. The summed E-state index contributed by atoms with van der Waals surface area (Å²) in [6, 6.07) is 9.69. The summed E-state index contributed by atoms with van der Waals surface area (Å²) in [4.78, 5) is 2.51. The highest BCUT2D eigenvalue weighted by Crippen LogP contribution is 2.26. The first-order chi connectivity index (χ1) is 8.92. The van der Waals surface area contributed by atoms with Crippen LogP contribution in [0.3, 0.4) is 0 Å². The Kier molecular flexibility index (Phi) is 3.72. The quantitative estimate of drug-likeness (QED) is 0.863. The third-order valence-corrected chi connectivity index (χ3v) is 4.29. The van der Waals surface area contributed by atoms with E-state index in [9.17, 15) is 0 Å². The van der Waals surface area contributed by atoms with Crippen LogP contribution < -0.4 is 10.2 Å². The Bertz CT molecular complexity index is 376. The van der Waals surface area contributed by atoms with Crippen molar-refractivity contribution in [3.05, 3.63) is 24.3 Å². The molecule has 2 heteroatoms. The zero-order valence-electron chi connectivity index (χ0n) is 11.2. The Morgan fingerprint density at radius 2 is 1.72 bits per heavy atom. The van der Waals surface area contributed by atoms with Crippen molar-refractivity contribution in [3.63, 3.8) is 0 Å². The van der Waals surface area contributed by atoms with Gasteiger partial charge in [-0.25, -0.2) is 0 Å². The Morgan fingerprint density at radius 1 is 0.944 bits per heavy atom. The van der Waals surface area contributed by atoms with E-state index in [4.69, 9.17) is 0 Å². The van der Waals surface area contributed by atoms with Gasteiger partial charge in [-0.1, -0.05) is 25.3 Å². The van der Waals surface area contributed by atoms with Crippen molar-refractivity contribution in [2.75, 3.05) is 23.3 Å². The van der Waals surface area contributed by atoms with Gasteiger partial charge in [-0.2, -0.15) is 0 Å². The lowest BCUT2D eigenvalue weighted by Crippen LogP contribution is -2.22. The largest absolute Gasteiger partial charge is 0.382 e. The molecule has 0 amide bonds. The van der Waals surface area contributed by atoms with Crippen LogP contribution in [0.1, 0.15) is 44.9 Å². The monoisotopic (exact) mass is 244 g/mol. The minimum atomic E-state index is 0.701. The number of rotatable bonds is 3. The zero-order chi connectivity index (χ0) is 12.2. The van der Waals surface area contributed by atoms with Gasteiger partial charge in [0, 0.05) is 30.5 Å². The molecule has 18 heavy (non-hydrogen) atoms. The van der Waals surface area contributed by atoms with Crippen molar-refractivity contribution >= 4 is 11.4 Å². The maximum absolute atomic E-state index is 3.72. The number of benzene rings is 1. The average molecular weight is 244 g/mol. The van der Waals surface area contributed by atoms with E-state index in [0.717, 1.165) is 0 Å². The predicted molar refractivity (Wildman–Crippen MR) is 78.4 cm³/mol. The SMILES string of the molecule is c1cc(NC2CCCCC2)cc(N2CCCC2)c1. The van der Waals surface area contributed by atoms with Crippen molar-refractivity contribution in [2.24, 2.45) is 0 Å². The van der Waals surface area contributed by atoms with Crippen molar-refractivity contribution in [2.45, 2.75) is 51.0 Å². The molecular weight excluding hydrogens is 220 g/mol. The van der Waals surface area contributed by atoms with E-state index in [1.165, 1.54) is 69.4 Å². The van der Waals surface area contributed by atoms with E-state index in [2.05, 4.69) is 34.5 Å². The van der Waals surface area contributed by atoms with Gasteiger partial charge in [0.15, 0.2) is 0 Å². The molecular formula is C16H24N2. The lowest BCUT2D eigenvalue weighted by Gasteiger charge is -2.25. The highest BCUT2D eigenvalue weighted by molar-refractivity contribution is 5.58. The highest BCUT2D eigenvalue weighted by atomic mass is 15.1. The van der Waals surface area contributed by atoms with Gasteiger partial charge in [-0.3, -0.25) is 0 Å². The summed E-state index contributed by atoms with van der Waals surface area (Å²) in [5, 5.41) is 3.72. The summed E-state index contributed by atoms with van der Waals surface area (Å²) in [7, 11) is 0. The molecule has 0 radical (unpaired) electrons. The Labute approximate surface area is 110 Å². The molecule has 1 saturated heterocycles. The van der Waals surface area contributed by atoms with Crippen LogP contribution in [0.15, 0.2) is 24.3 Å². The summed E-state index contributed by atoms with van der Waals surface area (Å²) in [6.45, 7) is 2.46. The molecule has 1 saturated carbocycles. The van der Waals surface area contributed by atoms with Gasteiger partial charge in [0.25, 0.3) is 0 Å². The van der Waals surface area contributed by atoms with E-state index >= 15 is 0 Å². The molecule has 1 N–H and O–H groups in total. The van der Waals surface area contributed by atoms with Crippen molar-refractivity contribution in [3.8, 4) is 0 Å². The lowest BCUT2D eigenvalue weighted by molar-refractivity contribution is 0.463. The third-order valence-electron chi connectivity index (χ3n) is 4.29. The van der Waals surface area contributed by atoms with E-state index in [0.29, 0.717) is 6.04 Å². The molecule has 0 unspecified atom stereocenters. The first-order valence-electron chi connectivity index (χ1n) is 7.53. The minimum Gasteiger partial charge on any atom is -0.382 e. The second-order valence-corrected chi connectivity index (χ2v) is 5.72. The van der Waals surface area contributed by atoms with Crippen LogP contribution in [-0.2, 0) is 0 Å². The van der Waals surface area contributed by atoms with E-state index < -0.39 is 0 Å². The second kappa shape index (κ2) is 5.64. The fourth-order valence-electron chi connectivity index (χ4n) is 3.25. The Morgan fingerprint density at radius 3 is 2.50 bits per heavy atom. The van der Waals surface area contributed by atoms with Crippen LogP contribution in [0, 0.1) is 0 Å². The van der Waals surface area contributed by atoms with E-state index in [1.54, 1.807) is 0 Å². The Balaban J connectivity index is 1.66. The smallest absolute Gasteiger partial charge is 0.0386 e. The van der Waals surface area contributed by atoms with Crippen LogP contribution in [0.5, 0.6) is 0 Å². The fraction of sp³-hybridized carbons (Fsp3) is 0.625. The molecule has 2 nitrogen and oxygen atoms in total. The van der Waals surface area contributed by atoms with Gasteiger partial charge < -0.3 is 10.2 Å². The summed E-state index contributed by atoms with van der Waals surface area (Å²) in [6.07, 6.45) is 9.58. The molecule has 2 fully saturated rings. The van der Waals surface area contributed by atoms with Crippen molar-refractivity contribution in [1.82, 2.24) is 0 Å². The van der Waals surface area contributed by atoms with Crippen molar-refractivity contribution in [1.29, 1.82) is 0 Å². The van der Waals surface area contributed by atoms with Crippen LogP contribution >= 0.6 is 0 Å². The molecule has 98 valence electrons. The van der Waals surface area contributed by atoms with Crippen LogP contribution in [-0.4, -0.2) is 19.1 Å². The maximum atomic E-state index is 3.72. The molecule has 1 aliphatic heterocycles. The number of hydrogen-bond acceptors (Lipinski definition) is 2. The summed E-state index contributed by atoms with van der Waals surface area (Å²) < 4.78 is 0. The number of nitrogens with one attached hydrogen (secondary N) is 1. The van der Waals surface area contributed by atoms with Crippen LogP contribution in [0.4, 0.5) is 11.4 Å². The van der Waals surface area contributed by atoms with E-state index in [1.807, 2.05) is 0 Å². The van der Waals surface area contributed by atoms with Gasteiger partial charge in [-0.15, -0.1) is 0 Å². The van der Waals surface area contributed by atoms with Gasteiger partial charge in [0.2, 0.25) is 0 Å². The highest BCUT2D eigenvalue weighted by Gasteiger charge is 2.15. The van der Waals surface area contributed by atoms with Crippen LogP contribution in [0.25, 0.3) is 0 Å². The Hall–Kier alpha value is -1.18. The molecule has 3 rings (SSSR count). The fourth-order valence-corrected chi connectivity index (χ4v) is 3.25. The van der Waals surface area contributed by atoms with Gasteiger partial charge in [0.05, 0.1) is 0 Å². The molecule has 0 aromatic heterocycles. The normalized spacial score (nSPS) is 21.2. The lowest BCUT2D eigenvalue weighted by atomic mass is 9.95. The maximum Gasteiger partial charge on any atom is 0.0386 e. The molecule has 0 spiro atoms. The topological polar surface area (TPSA) is 15.3 Å². The standard InChI is InChI=1S/C16H24N2/c1-2-7-14(8-3-1)17-15-9-6-10-16(13-15)18-11-4-5-12-18/h6,9-10,13-14,17H,1-5,7-8,11-12H2. The predicted octanol–water partition coefficient (Wildman–Crippen LogP) is 4.03. The van der Waals surface area contributed by atoms with Gasteiger partial charge in [0.1, 0.15) is 0 Å². The number of hydrogen-bond donors (Lipinski definition) is 1. The molecule has 1 aromatic rings. The minimum absolute atomic E-state index is 0.701. The molecule has 1 aliphatic carbocycles. The first-order valence-corrected chi connectivity index (χ1v) is 7.53. The first kappa shape index (κ1) is 11.9. The third kappa shape index (κ3) is 2.80. The van der Waals surface area contributed by atoms with Gasteiger partial charge >= 0.3 is 0 Å². The molecule has 2 aliphatic rings.